The number of fused-ring (bicyclic) bond motifs is 1. The van der Waals surface area contributed by atoms with Crippen molar-refractivity contribution in [2.24, 2.45) is 0 Å². The lowest BCUT2D eigenvalue weighted by Gasteiger charge is -2.28. The van der Waals surface area contributed by atoms with Crippen LogP contribution in [0.25, 0.3) is 0 Å². The fraction of sp³-hybridized carbons (Fsp3) is 0.412. The third kappa shape index (κ3) is 3.26. The summed E-state index contributed by atoms with van der Waals surface area (Å²) in [7, 11) is 0. The lowest BCUT2D eigenvalue weighted by molar-refractivity contribution is 0.239. The van der Waals surface area contributed by atoms with Gasteiger partial charge in [0.15, 0.2) is 0 Å². The average molecular weight is 334 g/mol. The first-order valence-electron chi connectivity index (χ1n) is 7.76. The Labute approximate surface area is 139 Å². The van der Waals surface area contributed by atoms with Crippen molar-refractivity contribution in [3.8, 4) is 5.75 Å². The van der Waals surface area contributed by atoms with E-state index in [1.165, 1.54) is 0 Å². The molecule has 2 N–H and O–H groups in total. The third-order valence-corrected chi connectivity index (χ3v) is 4.61. The van der Waals surface area contributed by atoms with Crippen LogP contribution in [0.4, 0.5) is 0 Å². The number of aromatic nitrogens is 2. The number of phenolic OH excluding ortho intramolecular Hbond substituents is 1. The minimum Gasteiger partial charge on any atom is -0.506 e. The molecule has 23 heavy (non-hydrogen) atoms. The van der Waals surface area contributed by atoms with E-state index < -0.39 is 0 Å². The molecule has 0 radical (unpaired) electrons. The van der Waals surface area contributed by atoms with Crippen molar-refractivity contribution >= 4 is 11.6 Å². The van der Waals surface area contributed by atoms with Gasteiger partial charge in [-0.3, -0.25) is 9.69 Å². The Morgan fingerprint density at radius 2 is 2.22 bits per heavy atom. The summed E-state index contributed by atoms with van der Waals surface area (Å²) in [6.45, 7) is 6.03. The summed E-state index contributed by atoms with van der Waals surface area (Å²) in [6, 6.07) is 5.27. The Kier molecular flexibility index (Phi) is 4.41. The smallest absolute Gasteiger partial charge is 0.254 e. The summed E-state index contributed by atoms with van der Waals surface area (Å²) >= 11 is 6.16. The monoisotopic (exact) mass is 333 g/mol. The largest absolute Gasteiger partial charge is 0.506 e. The first-order valence-corrected chi connectivity index (χ1v) is 8.14. The number of hydrogen-bond donors (Lipinski definition) is 2. The quantitative estimate of drug-likeness (QED) is 0.906. The molecule has 1 aliphatic rings. The molecule has 0 saturated heterocycles. The van der Waals surface area contributed by atoms with Gasteiger partial charge in [0.05, 0.1) is 10.7 Å². The molecular formula is C17H20ClN3O2. The van der Waals surface area contributed by atoms with Crippen molar-refractivity contribution < 1.29 is 5.11 Å². The van der Waals surface area contributed by atoms with E-state index in [-0.39, 0.29) is 17.2 Å². The average Bonchev–Trinajstić information content (AvgIpc) is 2.51. The van der Waals surface area contributed by atoms with Crippen molar-refractivity contribution in [3.63, 3.8) is 0 Å². The van der Waals surface area contributed by atoms with Gasteiger partial charge in [-0.15, -0.1) is 0 Å². The zero-order chi connectivity index (χ0) is 16.6. The molecule has 2 heterocycles. The van der Waals surface area contributed by atoms with Crippen LogP contribution in [0.3, 0.4) is 0 Å². The van der Waals surface area contributed by atoms with Gasteiger partial charge in [0, 0.05) is 31.1 Å². The van der Waals surface area contributed by atoms with E-state index in [2.05, 4.69) is 14.9 Å². The number of halogens is 1. The molecule has 0 atom stereocenters. The summed E-state index contributed by atoms with van der Waals surface area (Å²) < 4.78 is 0. The van der Waals surface area contributed by atoms with Crippen molar-refractivity contribution in [1.82, 2.24) is 14.9 Å². The number of phenols is 1. The van der Waals surface area contributed by atoms with Gasteiger partial charge in [-0.05, 0) is 18.1 Å². The lowest BCUT2D eigenvalue weighted by Crippen LogP contribution is -2.35. The molecule has 1 aromatic carbocycles. The Morgan fingerprint density at radius 3 is 2.96 bits per heavy atom. The Hall–Kier alpha value is -1.85. The molecule has 0 unspecified atom stereocenters. The van der Waals surface area contributed by atoms with Gasteiger partial charge in [-0.2, -0.15) is 0 Å². The number of aromatic amines is 1. The van der Waals surface area contributed by atoms with Crippen molar-refractivity contribution in [3.05, 3.63) is 56.2 Å². The van der Waals surface area contributed by atoms with Crippen LogP contribution in [0, 0.1) is 0 Å². The first kappa shape index (κ1) is 16.0. The number of hydrogen-bond acceptors (Lipinski definition) is 4. The fourth-order valence-electron chi connectivity index (χ4n) is 2.85. The van der Waals surface area contributed by atoms with Gasteiger partial charge in [0.1, 0.15) is 11.6 Å². The molecule has 0 fully saturated rings. The van der Waals surface area contributed by atoms with Crippen LogP contribution >= 0.6 is 11.6 Å². The molecule has 6 heteroatoms. The maximum absolute atomic E-state index is 12.2. The van der Waals surface area contributed by atoms with E-state index in [1.807, 2.05) is 19.9 Å². The van der Waals surface area contributed by atoms with Gasteiger partial charge < -0.3 is 10.1 Å². The molecule has 0 spiro atoms. The summed E-state index contributed by atoms with van der Waals surface area (Å²) in [4.78, 5) is 21.9. The predicted molar refractivity (Wildman–Crippen MR) is 89.9 cm³/mol. The molecule has 0 aliphatic carbocycles. The van der Waals surface area contributed by atoms with Gasteiger partial charge >= 0.3 is 0 Å². The Morgan fingerprint density at radius 1 is 1.43 bits per heavy atom. The molecule has 0 amide bonds. The molecule has 5 nitrogen and oxygen atoms in total. The summed E-state index contributed by atoms with van der Waals surface area (Å²) in [5.41, 5.74) is 2.49. The van der Waals surface area contributed by atoms with Crippen LogP contribution < -0.4 is 5.56 Å². The number of aromatic hydroxyl groups is 1. The number of rotatable bonds is 3. The maximum Gasteiger partial charge on any atom is 0.254 e. The Bertz CT molecular complexity index is 786. The first-order chi connectivity index (χ1) is 11.0. The van der Waals surface area contributed by atoms with E-state index in [9.17, 15) is 9.90 Å². The minimum atomic E-state index is -0.0197. The van der Waals surface area contributed by atoms with Gasteiger partial charge in [0.25, 0.3) is 5.56 Å². The van der Waals surface area contributed by atoms with E-state index in [0.29, 0.717) is 24.5 Å². The number of nitrogens with one attached hydrogen (secondary N) is 1. The van der Waals surface area contributed by atoms with Crippen LogP contribution in [-0.2, 0) is 19.5 Å². The zero-order valence-corrected chi connectivity index (χ0v) is 14.0. The standard InChI is InChI=1S/C17H20ClN3O2/c1-10(2)16-19-13-9-21(7-6-12(13)17(23)20-16)8-11-4-3-5-14(22)15(11)18/h3-5,10,22H,6-9H2,1-2H3,(H,19,20,23). The van der Waals surface area contributed by atoms with Crippen LogP contribution in [0.15, 0.2) is 23.0 Å². The number of H-pyrrole nitrogens is 1. The van der Waals surface area contributed by atoms with E-state index in [1.54, 1.807) is 12.1 Å². The third-order valence-electron chi connectivity index (χ3n) is 4.17. The molecular weight excluding hydrogens is 314 g/mol. The van der Waals surface area contributed by atoms with Crippen molar-refractivity contribution in [1.29, 1.82) is 0 Å². The molecule has 1 aromatic heterocycles. The van der Waals surface area contributed by atoms with E-state index >= 15 is 0 Å². The minimum absolute atomic E-state index is 0.0197. The normalized spacial score (nSPS) is 15.0. The zero-order valence-electron chi connectivity index (χ0n) is 13.3. The van der Waals surface area contributed by atoms with Gasteiger partial charge in [-0.25, -0.2) is 4.98 Å². The van der Waals surface area contributed by atoms with E-state index in [0.717, 1.165) is 29.2 Å². The maximum atomic E-state index is 12.2. The molecule has 2 aromatic rings. The number of nitrogens with zero attached hydrogens (tertiary/aromatic N) is 2. The predicted octanol–water partition coefficient (Wildman–Crippen LogP) is 2.81. The number of benzene rings is 1. The fourth-order valence-corrected chi connectivity index (χ4v) is 3.04. The van der Waals surface area contributed by atoms with Crippen LogP contribution in [0.2, 0.25) is 5.02 Å². The van der Waals surface area contributed by atoms with Gasteiger partial charge in [-0.1, -0.05) is 37.6 Å². The highest BCUT2D eigenvalue weighted by Gasteiger charge is 2.22. The second-order valence-corrected chi connectivity index (χ2v) is 6.62. The second kappa shape index (κ2) is 6.34. The Balaban J connectivity index is 1.85. The van der Waals surface area contributed by atoms with Crippen LogP contribution in [-0.4, -0.2) is 26.5 Å². The second-order valence-electron chi connectivity index (χ2n) is 6.24. The highest BCUT2D eigenvalue weighted by molar-refractivity contribution is 6.32. The summed E-state index contributed by atoms with van der Waals surface area (Å²) in [5.74, 6) is 1.01. The summed E-state index contributed by atoms with van der Waals surface area (Å²) in [6.07, 6.45) is 0.673. The molecule has 122 valence electrons. The van der Waals surface area contributed by atoms with Crippen LogP contribution in [0.5, 0.6) is 5.75 Å². The topological polar surface area (TPSA) is 69.2 Å². The highest BCUT2D eigenvalue weighted by atomic mass is 35.5. The molecule has 0 saturated carbocycles. The lowest BCUT2D eigenvalue weighted by atomic mass is 10.0. The van der Waals surface area contributed by atoms with Gasteiger partial charge in [0.2, 0.25) is 0 Å². The van der Waals surface area contributed by atoms with Crippen molar-refractivity contribution in [2.75, 3.05) is 6.54 Å². The molecule has 0 bridgehead atoms. The summed E-state index contributed by atoms with van der Waals surface area (Å²) in [5, 5.41) is 10.1. The SMILES string of the molecule is CC(C)c1nc2c(c(=O)[nH]1)CCN(Cc1cccc(O)c1Cl)C2. The highest BCUT2D eigenvalue weighted by Crippen LogP contribution is 2.28. The van der Waals surface area contributed by atoms with E-state index in [4.69, 9.17) is 11.6 Å². The van der Waals surface area contributed by atoms with Crippen LogP contribution in [0.1, 0.15) is 42.4 Å². The van der Waals surface area contributed by atoms with Crippen molar-refractivity contribution in [2.45, 2.75) is 39.3 Å². The molecule has 3 rings (SSSR count). The molecule has 1 aliphatic heterocycles.